The Morgan fingerprint density at radius 3 is 2.42 bits per heavy atom. The molecule has 5 nitrogen and oxygen atoms in total. The highest BCUT2D eigenvalue weighted by atomic mass is 32.2. The van der Waals surface area contributed by atoms with Gasteiger partial charge in [0.05, 0.1) is 22.8 Å². The summed E-state index contributed by atoms with van der Waals surface area (Å²) in [6.07, 6.45) is 3.86. The van der Waals surface area contributed by atoms with Crippen molar-refractivity contribution in [3.8, 4) is 5.69 Å². The average Bonchev–Trinajstić information content (AvgIpc) is 3.43. The van der Waals surface area contributed by atoms with E-state index in [0.717, 1.165) is 45.9 Å². The molecule has 0 saturated carbocycles. The Bertz CT molecular complexity index is 1410. The van der Waals surface area contributed by atoms with Gasteiger partial charge in [-0.1, -0.05) is 73.5 Å². The van der Waals surface area contributed by atoms with E-state index in [1.54, 1.807) is 4.90 Å². The molecule has 6 heteroatoms. The van der Waals surface area contributed by atoms with Crippen LogP contribution in [-0.4, -0.2) is 40.1 Å². The molecule has 3 aromatic carbocycles. The molecule has 1 atom stereocenters. The normalized spacial score (nSPS) is 14.1. The van der Waals surface area contributed by atoms with Crippen LogP contribution in [0.3, 0.4) is 0 Å². The lowest BCUT2D eigenvalue weighted by atomic mass is 9.96. The first-order chi connectivity index (χ1) is 18.6. The van der Waals surface area contributed by atoms with E-state index in [1.165, 1.54) is 11.8 Å². The summed E-state index contributed by atoms with van der Waals surface area (Å²) in [6, 6.07) is 30.1. The van der Waals surface area contributed by atoms with Gasteiger partial charge in [0, 0.05) is 17.6 Å². The largest absolute Gasteiger partial charge is 0.333 e. The molecule has 2 heterocycles. The third kappa shape index (κ3) is 5.41. The van der Waals surface area contributed by atoms with Gasteiger partial charge < -0.3 is 9.47 Å². The number of amides is 2. The molecule has 1 aromatic heterocycles. The Morgan fingerprint density at radius 2 is 1.66 bits per heavy atom. The first-order valence-corrected chi connectivity index (χ1v) is 14.2. The van der Waals surface area contributed by atoms with Crippen LogP contribution in [0.5, 0.6) is 0 Å². The van der Waals surface area contributed by atoms with Gasteiger partial charge in [-0.3, -0.25) is 14.5 Å². The number of thioether (sulfide) groups is 1. The number of unbranched alkanes of at least 4 members (excludes halogenated alkanes) is 1. The summed E-state index contributed by atoms with van der Waals surface area (Å²) in [6.45, 7) is 4.79. The van der Waals surface area contributed by atoms with E-state index in [4.69, 9.17) is 0 Å². The first-order valence-electron chi connectivity index (χ1n) is 13.2. The maximum Gasteiger partial charge on any atom is 0.247 e. The van der Waals surface area contributed by atoms with Gasteiger partial charge in [0.15, 0.2) is 0 Å². The number of aromatic nitrogens is 1. The molecule has 38 heavy (non-hydrogen) atoms. The maximum absolute atomic E-state index is 14.2. The number of para-hydroxylation sites is 2. The second-order valence-corrected chi connectivity index (χ2v) is 10.7. The molecule has 1 aliphatic heterocycles. The van der Waals surface area contributed by atoms with Crippen LogP contribution in [0.1, 0.15) is 42.6 Å². The fourth-order valence-electron chi connectivity index (χ4n) is 5.05. The lowest BCUT2D eigenvalue weighted by Crippen LogP contribution is -2.47. The summed E-state index contributed by atoms with van der Waals surface area (Å²) in [4.78, 5) is 32.3. The third-order valence-electron chi connectivity index (χ3n) is 6.91. The van der Waals surface area contributed by atoms with Crippen molar-refractivity contribution in [2.45, 2.75) is 37.6 Å². The molecule has 1 unspecified atom stereocenters. The zero-order chi connectivity index (χ0) is 26.5. The van der Waals surface area contributed by atoms with Gasteiger partial charge in [-0.15, -0.1) is 11.8 Å². The molecule has 4 aromatic rings. The van der Waals surface area contributed by atoms with Crippen molar-refractivity contribution >= 4 is 29.3 Å². The molecule has 2 amide bonds. The van der Waals surface area contributed by atoms with Gasteiger partial charge in [0.25, 0.3) is 0 Å². The third-order valence-corrected chi connectivity index (χ3v) is 7.91. The Balaban J connectivity index is 1.47. The number of anilines is 1. The van der Waals surface area contributed by atoms with E-state index in [1.807, 2.05) is 71.6 Å². The molecule has 0 bridgehead atoms. The van der Waals surface area contributed by atoms with E-state index in [2.05, 4.69) is 48.9 Å². The van der Waals surface area contributed by atoms with Gasteiger partial charge in [0.2, 0.25) is 11.8 Å². The number of rotatable bonds is 9. The molecular weight excluding hydrogens is 490 g/mol. The van der Waals surface area contributed by atoms with Crippen LogP contribution in [0.25, 0.3) is 5.69 Å². The van der Waals surface area contributed by atoms with Crippen LogP contribution in [0.15, 0.2) is 102 Å². The lowest BCUT2D eigenvalue weighted by Gasteiger charge is -2.39. The lowest BCUT2D eigenvalue weighted by molar-refractivity contribution is -0.133. The maximum atomic E-state index is 14.2. The number of nitrogens with zero attached hydrogens (tertiary/aromatic N) is 3. The van der Waals surface area contributed by atoms with Gasteiger partial charge in [-0.25, -0.2) is 0 Å². The fourth-order valence-corrected chi connectivity index (χ4v) is 5.87. The Hall–Kier alpha value is -3.77. The van der Waals surface area contributed by atoms with E-state index < -0.39 is 0 Å². The van der Waals surface area contributed by atoms with Crippen LogP contribution in [0, 0.1) is 6.92 Å². The zero-order valence-corrected chi connectivity index (χ0v) is 22.7. The number of aryl methyl sites for hydroxylation is 1. The number of benzene rings is 3. The molecular formula is C32H33N3O2S. The second-order valence-electron chi connectivity index (χ2n) is 9.64. The van der Waals surface area contributed by atoms with E-state index >= 15 is 0 Å². The number of hydrogen-bond acceptors (Lipinski definition) is 3. The van der Waals surface area contributed by atoms with E-state index in [9.17, 15) is 9.59 Å². The smallest absolute Gasteiger partial charge is 0.247 e. The Kier molecular flexibility index (Phi) is 7.99. The molecule has 0 N–H and O–H groups in total. The highest BCUT2D eigenvalue weighted by Gasteiger charge is 2.36. The van der Waals surface area contributed by atoms with Crippen molar-refractivity contribution in [3.63, 3.8) is 0 Å². The quantitative estimate of drug-likeness (QED) is 0.231. The molecule has 194 valence electrons. The Labute approximate surface area is 229 Å². The predicted molar refractivity (Wildman–Crippen MR) is 155 cm³/mol. The van der Waals surface area contributed by atoms with Crippen molar-refractivity contribution in [2.75, 3.05) is 23.7 Å². The van der Waals surface area contributed by atoms with Gasteiger partial charge in [-0.05, 0) is 55.3 Å². The van der Waals surface area contributed by atoms with Crippen molar-refractivity contribution in [3.05, 3.63) is 114 Å². The van der Waals surface area contributed by atoms with Crippen LogP contribution in [0.2, 0.25) is 0 Å². The summed E-state index contributed by atoms with van der Waals surface area (Å²) in [7, 11) is 0. The van der Waals surface area contributed by atoms with Crippen LogP contribution in [0.4, 0.5) is 5.69 Å². The summed E-state index contributed by atoms with van der Waals surface area (Å²) >= 11 is 1.51. The summed E-state index contributed by atoms with van der Waals surface area (Å²) in [5.74, 6) is 0.217. The fraction of sp³-hybridized carbons (Fsp3) is 0.250. The van der Waals surface area contributed by atoms with Crippen LogP contribution >= 0.6 is 11.8 Å². The topological polar surface area (TPSA) is 45.6 Å². The van der Waals surface area contributed by atoms with E-state index in [-0.39, 0.29) is 24.4 Å². The molecule has 1 aliphatic rings. The number of fused-ring (bicyclic) bond motifs is 3. The standard InChI is InChI=1S/C32H33N3O2S/c1-3-4-19-33(31(37)23-38-26-14-6-5-7-15-26)22-30(36)35-28-17-9-8-16-27(28)34-20-11-18-29(34)32(35)25-13-10-12-24(2)21-25/h5-18,20-21,32H,3-4,19,22-23H2,1-2H3. The minimum Gasteiger partial charge on any atom is -0.333 e. The van der Waals surface area contributed by atoms with Crippen LogP contribution < -0.4 is 4.90 Å². The molecule has 0 radical (unpaired) electrons. The molecule has 5 rings (SSSR count). The second kappa shape index (κ2) is 11.7. The zero-order valence-electron chi connectivity index (χ0n) is 21.9. The highest BCUT2D eigenvalue weighted by Crippen LogP contribution is 2.42. The first kappa shape index (κ1) is 25.9. The molecule has 0 saturated heterocycles. The minimum absolute atomic E-state index is 0.0126. The van der Waals surface area contributed by atoms with Gasteiger partial charge >= 0.3 is 0 Å². The van der Waals surface area contributed by atoms with Crippen molar-refractivity contribution < 1.29 is 9.59 Å². The number of hydrogen-bond donors (Lipinski definition) is 0. The minimum atomic E-state index is -0.283. The van der Waals surface area contributed by atoms with Crippen molar-refractivity contribution in [1.82, 2.24) is 9.47 Å². The monoisotopic (exact) mass is 523 g/mol. The number of carbonyl (C=O) groups excluding carboxylic acids is 2. The Morgan fingerprint density at radius 1 is 0.895 bits per heavy atom. The molecule has 0 spiro atoms. The summed E-state index contributed by atoms with van der Waals surface area (Å²) < 4.78 is 2.17. The predicted octanol–water partition coefficient (Wildman–Crippen LogP) is 6.64. The van der Waals surface area contributed by atoms with Gasteiger partial charge in [-0.2, -0.15) is 0 Å². The molecule has 0 fully saturated rings. The van der Waals surface area contributed by atoms with Crippen LogP contribution in [-0.2, 0) is 9.59 Å². The molecule has 0 aliphatic carbocycles. The average molecular weight is 524 g/mol. The van der Waals surface area contributed by atoms with Gasteiger partial charge in [0.1, 0.15) is 12.6 Å². The number of carbonyl (C=O) groups is 2. The summed E-state index contributed by atoms with van der Waals surface area (Å²) in [5, 5.41) is 0. The van der Waals surface area contributed by atoms with Crippen molar-refractivity contribution in [1.29, 1.82) is 0 Å². The SMILES string of the molecule is CCCCN(CC(=O)N1c2ccccc2-n2cccc2C1c1cccc(C)c1)C(=O)CSc1ccccc1. The highest BCUT2D eigenvalue weighted by molar-refractivity contribution is 8.00. The summed E-state index contributed by atoms with van der Waals surface area (Å²) in [5.41, 5.74) is 5.06. The van der Waals surface area contributed by atoms with E-state index in [0.29, 0.717) is 12.3 Å². The van der Waals surface area contributed by atoms with Crippen molar-refractivity contribution in [2.24, 2.45) is 0 Å².